The van der Waals surface area contributed by atoms with E-state index in [1.54, 1.807) is 7.11 Å². The van der Waals surface area contributed by atoms with Crippen molar-refractivity contribution in [1.29, 1.82) is 0 Å². The summed E-state index contributed by atoms with van der Waals surface area (Å²) in [5.74, 6) is 3.14. The van der Waals surface area contributed by atoms with E-state index in [-0.39, 0.29) is 6.10 Å². The average Bonchev–Trinajstić information content (AvgIpc) is 2.64. The number of aliphatic imine (C=N–C) groups is 1. The highest BCUT2D eigenvalue weighted by molar-refractivity contribution is 5.79. The van der Waals surface area contributed by atoms with Gasteiger partial charge in [-0.2, -0.15) is 0 Å². The monoisotopic (exact) mass is 362 g/mol. The number of ether oxygens (including phenoxy) is 2. The summed E-state index contributed by atoms with van der Waals surface area (Å²) in [4.78, 5) is 7.09. The molecule has 6 heteroatoms. The van der Waals surface area contributed by atoms with Gasteiger partial charge in [0.2, 0.25) is 0 Å². The van der Waals surface area contributed by atoms with Gasteiger partial charge < -0.3 is 25.0 Å². The van der Waals surface area contributed by atoms with Crippen LogP contribution >= 0.6 is 0 Å². The fourth-order valence-corrected chi connectivity index (χ4v) is 3.19. The van der Waals surface area contributed by atoms with E-state index in [4.69, 9.17) is 9.47 Å². The van der Waals surface area contributed by atoms with E-state index in [0.29, 0.717) is 12.5 Å². The topological polar surface area (TPSA) is 58.1 Å². The minimum absolute atomic E-state index is 0.0154. The van der Waals surface area contributed by atoms with E-state index in [9.17, 15) is 0 Å². The van der Waals surface area contributed by atoms with Gasteiger partial charge in [0.25, 0.3) is 0 Å². The van der Waals surface area contributed by atoms with Crippen LogP contribution in [-0.2, 0) is 0 Å². The highest BCUT2D eigenvalue weighted by Gasteiger charge is 2.17. The van der Waals surface area contributed by atoms with E-state index in [2.05, 4.69) is 34.5 Å². The molecule has 146 valence electrons. The minimum Gasteiger partial charge on any atom is -0.497 e. The lowest BCUT2D eigenvalue weighted by atomic mass is 9.99. The number of benzene rings is 1. The number of nitrogens with one attached hydrogen (secondary N) is 2. The maximum Gasteiger partial charge on any atom is 0.191 e. The van der Waals surface area contributed by atoms with Crippen LogP contribution in [0.15, 0.2) is 29.3 Å². The fourth-order valence-electron chi connectivity index (χ4n) is 3.19. The molecular weight excluding hydrogens is 328 g/mol. The van der Waals surface area contributed by atoms with E-state index >= 15 is 0 Å². The van der Waals surface area contributed by atoms with Crippen LogP contribution in [0.4, 0.5) is 0 Å². The van der Waals surface area contributed by atoms with Crippen LogP contribution in [0.1, 0.15) is 26.7 Å². The van der Waals surface area contributed by atoms with Gasteiger partial charge >= 0.3 is 0 Å². The predicted octanol–water partition coefficient (Wildman–Crippen LogP) is 2.36. The van der Waals surface area contributed by atoms with Gasteiger partial charge in [-0.05, 0) is 58.3 Å². The van der Waals surface area contributed by atoms with Gasteiger partial charge in [-0.1, -0.05) is 6.07 Å². The van der Waals surface area contributed by atoms with Gasteiger partial charge in [0.1, 0.15) is 17.6 Å². The summed E-state index contributed by atoms with van der Waals surface area (Å²) in [5, 5.41) is 6.81. The lowest BCUT2D eigenvalue weighted by Crippen LogP contribution is -2.43. The van der Waals surface area contributed by atoms with Crippen molar-refractivity contribution in [3.8, 4) is 11.5 Å². The summed E-state index contributed by atoms with van der Waals surface area (Å²) in [6.07, 6.45) is 2.55. The van der Waals surface area contributed by atoms with Gasteiger partial charge in [-0.15, -0.1) is 0 Å². The first-order valence-electron chi connectivity index (χ1n) is 9.62. The van der Waals surface area contributed by atoms with Crippen LogP contribution in [0.3, 0.4) is 0 Å². The van der Waals surface area contributed by atoms with E-state index in [0.717, 1.165) is 37.1 Å². The summed E-state index contributed by atoms with van der Waals surface area (Å²) in [7, 11) is 3.86. The highest BCUT2D eigenvalue weighted by atomic mass is 16.5. The van der Waals surface area contributed by atoms with Crippen molar-refractivity contribution in [3.63, 3.8) is 0 Å². The Morgan fingerprint density at radius 1 is 1.35 bits per heavy atom. The van der Waals surface area contributed by atoms with Crippen molar-refractivity contribution >= 4 is 5.96 Å². The van der Waals surface area contributed by atoms with Crippen LogP contribution in [0.5, 0.6) is 11.5 Å². The number of likely N-dealkylation sites (tertiary alicyclic amines) is 1. The molecule has 0 bridgehead atoms. The molecule has 1 aliphatic heterocycles. The highest BCUT2D eigenvalue weighted by Crippen LogP contribution is 2.20. The Bertz CT molecular complexity index is 564. The average molecular weight is 363 g/mol. The molecule has 0 saturated carbocycles. The van der Waals surface area contributed by atoms with Gasteiger partial charge in [0.05, 0.1) is 13.7 Å². The first kappa shape index (κ1) is 20.4. The van der Waals surface area contributed by atoms with Crippen molar-refractivity contribution < 1.29 is 9.47 Å². The van der Waals surface area contributed by atoms with Crippen LogP contribution < -0.4 is 20.1 Å². The third kappa shape index (κ3) is 7.12. The molecule has 2 rings (SSSR count). The number of hydrogen-bond acceptors (Lipinski definition) is 4. The first-order valence-corrected chi connectivity index (χ1v) is 9.62. The Morgan fingerprint density at radius 3 is 2.88 bits per heavy atom. The number of methoxy groups -OCH3 is 1. The maximum absolute atomic E-state index is 5.94. The Hall–Kier alpha value is -1.95. The summed E-state index contributed by atoms with van der Waals surface area (Å²) < 4.78 is 11.2. The van der Waals surface area contributed by atoms with E-state index in [1.165, 1.54) is 19.4 Å². The van der Waals surface area contributed by atoms with Gasteiger partial charge in [-0.3, -0.25) is 0 Å². The molecule has 2 atom stereocenters. The summed E-state index contributed by atoms with van der Waals surface area (Å²) in [6, 6.07) is 7.66. The number of nitrogens with zero attached hydrogens (tertiary/aromatic N) is 2. The predicted molar refractivity (Wildman–Crippen MR) is 107 cm³/mol. The van der Waals surface area contributed by atoms with E-state index in [1.807, 2.05) is 31.2 Å². The van der Waals surface area contributed by atoms with Crippen molar-refractivity contribution in [1.82, 2.24) is 15.5 Å². The molecule has 2 unspecified atom stereocenters. The number of rotatable bonds is 8. The third-order valence-corrected chi connectivity index (χ3v) is 4.51. The zero-order valence-corrected chi connectivity index (χ0v) is 16.6. The molecule has 1 aromatic rings. The Kier molecular flexibility index (Phi) is 8.54. The van der Waals surface area contributed by atoms with Gasteiger partial charge in [0, 0.05) is 25.7 Å². The molecule has 26 heavy (non-hydrogen) atoms. The maximum atomic E-state index is 5.94. The van der Waals surface area contributed by atoms with Crippen molar-refractivity contribution in [2.75, 3.05) is 46.9 Å². The molecule has 1 aromatic carbocycles. The molecule has 6 nitrogen and oxygen atoms in total. The molecule has 1 saturated heterocycles. The summed E-state index contributed by atoms with van der Waals surface area (Å²) in [6.45, 7) is 8.88. The Balaban J connectivity index is 1.82. The molecule has 0 aromatic heterocycles. The van der Waals surface area contributed by atoms with Crippen LogP contribution in [0.2, 0.25) is 0 Å². The molecule has 0 radical (unpaired) electrons. The zero-order valence-electron chi connectivity index (χ0n) is 16.6. The standard InChI is InChI=1S/C20H34N4O2/c1-5-21-20(23-14-17-8-7-11-24(3)15-17)22-13-16(2)26-19-10-6-9-18(12-19)25-4/h6,9-10,12,16-17H,5,7-8,11,13-15H2,1-4H3,(H2,21,22,23). The number of guanidine groups is 1. The largest absolute Gasteiger partial charge is 0.497 e. The van der Waals surface area contributed by atoms with Gasteiger partial charge in [-0.25, -0.2) is 4.99 Å². The van der Waals surface area contributed by atoms with Crippen molar-refractivity contribution in [2.45, 2.75) is 32.8 Å². The van der Waals surface area contributed by atoms with Gasteiger partial charge in [0.15, 0.2) is 5.96 Å². The molecule has 1 heterocycles. The molecule has 1 aliphatic rings. The van der Waals surface area contributed by atoms with Crippen LogP contribution in [0.25, 0.3) is 0 Å². The lowest BCUT2D eigenvalue weighted by molar-refractivity contribution is 0.210. The second-order valence-corrected chi connectivity index (χ2v) is 6.98. The first-order chi connectivity index (χ1) is 12.6. The molecular formula is C20H34N4O2. The normalized spacial score (nSPS) is 19.7. The SMILES string of the molecule is CCNC(=NCC(C)Oc1cccc(OC)c1)NCC1CCCN(C)C1. The molecule has 0 amide bonds. The quantitative estimate of drug-likeness (QED) is 0.549. The van der Waals surface area contributed by atoms with E-state index < -0.39 is 0 Å². The summed E-state index contributed by atoms with van der Waals surface area (Å²) in [5.41, 5.74) is 0. The second kappa shape index (κ2) is 10.9. The van der Waals surface area contributed by atoms with Crippen molar-refractivity contribution in [2.24, 2.45) is 10.9 Å². The molecule has 1 fully saturated rings. The smallest absolute Gasteiger partial charge is 0.191 e. The molecule has 0 spiro atoms. The zero-order chi connectivity index (χ0) is 18.8. The lowest BCUT2D eigenvalue weighted by Gasteiger charge is -2.30. The van der Waals surface area contributed by atoms with Crippen LogP contribution in [-0.4, -0.2) is 63.8 Å². The molecule has 2 N–H and O–H groups in total. The number of piperidine rings is 1. The van der Waals surface area contributed by atoms with Crippen LogP contribution in [0, 0.1) is 5.92 Å². The fraction of sp³-hybridized carbons (Fsp3) is 0.650. The second-order valence-electron chi connectivity index (χ2n) is 6.98. The minimum atomic E-state index is -0.0154. The summed E-state index contributed by atoms with van der Waals surface area (Å²) >= 11 is 0. The third-order valence-electron chi connectivity index (χ3n) is 4.51. The molecule has 0 aliphatic carbocycles. The van der Waals surface area contributed by atoms with Crippen molar-refractivity contribution in [3.05, 3.63) is 24.3 Å². The number of hydrogen-bond donors (Lipinski definition) is 2. The Labute approximate surface area is 158 Å². The Morgan fingerprint density at radius 2 is 2.15 bits per heavy atom.